The average Bonchev–Trinajstić information content (AvgIpc) is 2.62. The molecule has 6 heteroatoms. The molecular formula is C20H20N2O3S. The normalized spacial score (nSPS) is 11.2. The van der Waals surface area contributed by atoms with Gasteiger partial charge in [-0.15, -0.1) is 0 Å². The molecule has 0 aliphatic heterocycles. The fraction of sp³-hybridized carbons (Fsp3) is 0.150. The number of ether oxygens (including phenoxy) is 1. The highest BCUT2D eigenvalue weighted by atomic mass is 32.2. The minimum Gasteiger partial charge on any atom is -0.497 e. The molecule has 0 bridgehead atoms. The van der Waals surface area contributed by atoms with Crippen LogP contribution in [0.1, 0.15) is 11.1 Å². The summed E-state index contributed by atoms with van der Waals surface area (Å²) < 4.78 is 33.5. The van der Waals surface area contributed by atoms with Crippen molar-refractivity contribution in [3.8, 4) is 17.0 Å². The number of aromatic nitrogens is 1. The topological polar surface area (TPSA) is 68.3 Å². The van der Waals surface area contributed by atoms with E-state index < -0.39 is 10.0 Å². The monoisotopic (exact) mass is 368 g/mol. The number of rotatable bonds is 5. The number of nitrogens with one attached hydrogen (secondary N) is 1. The zero-order valence-electron chi connectivity index (χ0n) is 14.9. The first-order valence-corrected chi connectivity index (χ1v) is 9.58. The molecule has 1 N–H and O–H groups in total. The van der Waals surface area contributed by atoms with Crippen LogP contribution in [-0.4, -0.2) is 20.5 Å². The van der Waals surface area contributed by atoms with Crippen LogP contribution < -0.4 is 9.46 Å². The highest BCUT2D eigenvalue weighted by molar-refractivity contribution is 7.92. The van der Waals surface area contributed by atoms with E-state index in [0.29, 0.717) is 22.7 Å². The molecule has 0 unspecified atom stereocenters. The molecule has 3 aromatic rings. The number of hydrogen-bond acceptors (Lipinski definition) is 4. The molecule has 0 spiro atoms. The molecule has 2 aromatic carbocycles. The van der Waals surface area contributed by atoms with E-state index >= 15 is 0 Å². The van der Waals surface area contributed by atoms with Gasteiger partial charge in [0.15, 0.2) is 0 Å². The lowest BCUT2D eigenvalue weighted by Gasteiger charge is -2.14. The Morgan fingerprint density at radius 3 is 2.23 bits per heavy atom. The van der Waals surface area contributed by atoms with E-state index in [1.807, 2.05) is 26.0 Å². The van der Waals surface area contributed by atoms with Gasteiger partial charge < -0.3 is 4.74 Å². The van der Waals surface area contributed by atoms with Crippen LogP contribution in [0, 0.1) is 13.8 Å². The van der Waals surface area contributed by atoms with Crippen molar-refractivity contribution in [2.75, 3.05) is 11.8 Å². The number of anilines is 1. The number of benzene rings is 2. The lowest BCUT2D eigenvalue weighted by atomic mass is 10.1. The molecule has 0 fully saturated rings. The van der Waals surface area contributed by atoms with Gasteiger partial charge in [0.25, 0.3) is 10.0 Å². The molecular weight excluding hydrogens is 348 g/mol. The Labute approximate surface area is 153 Å². The summed E-state index contributed by atoms with van der Waals surface area (Å²) in [7, 11) is -2.19. The predicted octanol–water partition coefficient (Wildman–Crippen LogP) is 4.17. The van der Waals surface area contributed by atoms with Crippen molar-refractivity contribution >= 4 is 15.7 Å². The summed E-state index contributed by atoms with van der Waals surface area (Å²) in [6.07, 6.45) is 1.75. The maximum atomic E-state index is 12.8. The van der Waals surface area contributed by atoms with Gasteiger partial charge in [-0.1, -0.05) is 23.8 Å². The van der Waals surface area contributed by atoms with E-state index in [4.69, 9.17) is 4.74 Å². The van der Waals surface area contributed by atoms with Gasteiger partial charge in [0, 0.05) is 17.8 Å². The van der Waals surface area contributed by atoms with Crippen LogP contribution in [0.2, 0.25) is 0 Å². The van der Waals surface area contributed by atoms with E-state index in [9.17, 15) is 8.42 Å². The summed E-state index contributed by atoms with van der Waals surface area (Å²) in [5.41, 5.74) is 3.81. The minimum atomic E-state index is -3.73. The van der Waals surface area contributed by atoms with Crippen LogP contribution in [0.5, 0.6) is 5.75 Å². The van der Waals surface area contributed by atoms with Gasteiger partial charge in [0.2, 0.25) is 0 Å². The van der Waals surface area contributed by atoms with Gasteiger partial charge in [-0.2, -0.15) is 0 Å². The number of sulfonamides is 1. The number of hydrogen-bond donors (Lipinski definition) is 1. The minimum absolute atomic E-state index is 0.203. The Morgan fingerprint density at radius 2 is 1.62 bits per heavy atom. The molecule has 0 saturated carbocycles. The Morgan fingerprint density at radius 1 is 0.923 bits per heavy atom. The highest BCUT2D eigenvalue weighted by Gasteiger charge is 2.17. The molecule has 1 aromatic heterocycles. The molecule has 26 heavy (non-hydrogen) atoms. The molecule has 0 amide bonds. The summed E-state index contributed by atoms with van der Waals surface area (Å²) in [6, 6.07) is 15.7. The summed E-state index contributed by atoms with van der Waals surface area (Å²) >= 11 is 0. The fourth-order valence-electron chi connectivity index (χ4n) is 2.51. The third-order valence-electron chi connectivity index (χ3n) is 3.99. The largest absolute Gasteiger partial charge is 0.497 e. The first-order chi connectivity index (χ1) is 12.4. The van der Waals surface area contributed by atoms with Crippen molar-refractivity contribution in [1.82, 2.24) is 4.98 Å². The van der Waals surface area contributed by atoms with Gasteiger partial charge in [0.1, 0.15) is 5.75 Å². The number of nitrogens with zero attached hydrogens (tertiary/aromatic N) is 1. The lowest BCUT2D eigenvalue weighted by molar-refractivity contribution is 0.415. The van der Waals surface area contributed by atoms with Crippen LogP contribution in [0.4, 0.5) is 5.69 Å². The zero-order valence-corrected chi connectivity index (χ0v) is 15.7. The highest BCUT2D eigenvalue weighted by Crippen LogP contribution is 2.32. The van der Waals surface area contributed by atoms with Gasteiger partial charge in [-0.3, -0.25) is 9.71 Å². The second kappa shape index (κ2) is 7.17. The van der Waals surface area contributed by atoms with E-state index in [0.717, 1.165) is 11.1 Å². The van der Waals surface area contributed by atoms with Gasteiger partial charge in [-0.25, -0.2) is 8.42 Å². The molecule has 5 nitrogen and oxygen atoms in total. The number of aryl methyl sites for hydroxylation is 2. The van der Waals surface area contributed by atoms with Crippen molar-refractivity contribution in [3.63, 3.8) is 0 Å². The third kappa shape index (κ3) is 3.86. The molecule has 134 valence electrons. The van der Waals surface area contributed by atoms with Crippen molar-refractivity contribution in [2.45, 2.75) is 18.7 Å². The fourth-order valence-corrected chi connectivity index (χ4v) is 3.58. The molecule has 0 aliphatic carbocycles. The standard InChI is InChI=1S/C20H20N2O3S/c1-14-4-8-17(9-5-14)26(23,24)22-20-12-16(25-3)7-10-18(20)19-11-6-15(2)13-21-19/h4-13,22H,1-3H3. The second-order valence-corrected chi connectivity index (χ2v) is 7.73. The summed E-state index contributed by atoms with van der Waals surface area (Å²) in [4.78, 5) is 4.61. The van der Waals surface area contributed by atoms with Crippen molar-refractivity contribution in [1.29, 1.82) is 0 Å². The SMILES string of the molecule is COc1ccc(-c2ccc(C)cn2)c(NS(=O)(=O)c2ccc(C)cc2)c1. The zero-order chi connectivity index (χ0) is 18.7. The Bertz CT molecular complexity index is 1010. The first kappa shape index (κ1) is 17.9. The molecule has 1 heterocycles. The summed E-state index contributed by atoms with van der Waals surface area (Å²) in [5, 5.41) is 0. The number of methoxy groups -OCH3 is 1. The quantitative estimate of drug-likeness (QED) is 0.734. The summed E-state index contributed by atoms with van der Waals surface area (Å²) in [6.45, 7) is 3.86. The van der Waals surface area contributed by atoms with Gasteiger partial charge >= 0.3 is 0 Å². The van der Waals surface area contributed by atoms with Crippen LogP contribution in [0.15, 0.2) is 65.7 Å². The van der Waals surface area contributed by atoms with Crippen LogP contribution in [0.3, 0.4) is 0 Å². The Balaban J connectivity index is 2.05. The smallest absolute Gasteiger partial charge is 0.261 e. The maximum Gasteiger partial charge on any atom is 0.261 e. The predicted molar refractivity (Wildman–Crippen MR) is 103 cm³/mol. The van der Waals surface area contributed by atoms with Crippen LogP contribution >= 0.6 is 0 Å². The van der Waals surface area contributed by atoms with E-state index in [1.165, 1.54) is 7.11 Å². The van der Waals surface area contributed by atoms with Crippen LogP contribution in [-0.2, 0) is 10.0 Å². The number of pyridine rings is 1. The van der Waals surface area contributed by atoms with Crippen LogP contribution in [0.25, 0.3) is 11.3 Å². The molecule has 0 atom stereocenters. The third-order valence-corrected chi connectivity index (χ3v) is 5.37. The molecule has 0 saturated heterocycles. The Hall–Kier alpha value is -2.86. The second-order valence-electron chi connectivity index (χ2n) is 6.05. The maximum absolute atomic E-state index is 12.8. The Kier molecular flexibility index (Phi) is 4.95. The van der Waals surface area contributed by atoms with Gasteiger partial charge in [-0.05, 0) is 49.7 Å². The van der Waals surface area contributed by atoms with E-state index in [1.54, 1.807) is 48.7 Å². The van der Waals surface area contributed by atoms with E-state index in [2.05, 4.69) is 9.71 Å². The molecule has 0 radical (unpaired) electrons. The molecule has 3 rings (SSSR count). The summed E-state index contributed by atoms with van der Waals surface area (Å²) in [5.74, 6) is 0.558. The first-order valence-electron chi connectivity index (χ1n) is 8.09. The van der Waals surface area contributed by atoms with Crippen molar-refractivity contribution < 1.29 is 13.2 Å². The molecule has 0 aliphatic rings. The lowest BCUT2D eigenvalue weighted by Crippen LogP contribution is -2.14. The van der Waals surface area contributed by atoms with Crippen molar-refractivity contribution in [2.24, 2.45) is 0 Å². The van der Waals surface area contributed by atoms with E-state index in [-0.39, 0.29) is 4.90 Å². The van der Waals surface area contributed by atoms with Crippen molar-refractivity contribution in [3.05, 3.63) is 71.9 Å². The van der Waals surface area contributed by atoms with Gasteiger partial charge in [0.05, 0.1) is 23.4 Å². The average molecular weight is 368 g/mol.